The molecule has 1 rings (SSSR count). The van der Waals surface area contributed by atoms with Crippen molar-refractivity contribution in [3.8, 4) is 0 Å². The van der Waals surface area contributed by atoms with E-state index in [0.29, 0.717) is 12.3 Å². The van der Waals surface area contributed by atoms with Crippen molar-refractivity contribution in [2.45, 2.75) is 45.6 Å². The number of hydrogen-bond donors (Lipinski definition) is 1. The number of aliphatic carboxylic acids is 1. The Morgan fingerprint density at radius 2 is 2.14 bits per heavy atom. The van der Waals surface area contributed by atoms with Crippen LogP contribution in [0.15, 0.2) is 0 Å². The van der Waals surface area contributed by atoms with Gasteiger partial charge in [-0.2, -0.15) is 0 Å². The van der Waals surface area contributed by atoms with Gasteiger partial charge in [-0.15, -0.1) is 0 Å². The number of piperidine rings is 1. The normalized spacial score (nSPS) is 24.9. The molecule has 1 aliphatic rings. The fourth-order valence-corrected chi connectivity index (χ4v) is 2.09. The zero-order chi connectivity index (χ0) is 10.8. The summed E-state index contributed by atoms with van der Waals surface area (Å²) >= 11 is 0. The molecule has 82 valence electrons. The zero-order valence-corrected chi connectivity index (χ0v) is 9.42. The van der Waals surface area contributed by atoms with Crippen LogP contribution in [0.5, 0.6) is 0 Å². The van der Waals surface area contributed by atoms with Crippen molar-refractivity contribution >= 4 is 5.97 Å². The molecule has 3 heteroatoms. The Hall–Kier alpha value is -0.570. The highest BCUT2D eigenvalue weighted by atomic mass is 16.4. The molecular formula is C11H21NO2. The zero-order valence-electron chi connectivity index (χ0n) is 9.42. The van der Waals surface area contributed by atoms with Gasteiger partial charge in [0.25, 0.3) is 0 Å². The quantitative estimate of drug-likeness (QED) is 0.739. The molecule has 1 N–H and O–H groups in total. The Bertz CT molecular complexity index is 208. The second-order valence-electron chi connectivity index (χ2n) is 5.22. The maximum Gasteiger partial charge on any atom is 0.303 e. The summed E-state index contributed by atoms with van der Waals surface area (Å²) in [5.74, 6) is -0.314. The Labute approximate surface area is 86.1 Å². The lowest BCUT2D eigenvalue weighted by Gasteiger charge is -2.41. The fraction of sp³-hybridized carbons (Fsp3) is 0.909. The largest absolute Gasteiger partial charge is 0.481 e. The first kappa shape index (κ1) is 11.5. The molecule has 1 fully saturated rings. The molecule has 1 unspecified atom stereocenters. The Morgan fingerprint density at radius 1 is 1.50 bits per heavy atom. The van der Waals surface area contributed by atoms with Crippen LogP contribution in [-0.4, -0.2) is 34.6 Å². The molecule has 3 nitrogen and oxygen atoms in total. The summed E-state index contributed by atoms with van der Waals surface area (Å²) in [5.41, 5.74) is 0.178. The second kappa shape index (κ2) is 4.30. The first-order chi connectivity index (χ1) is 6.39. The molecule has 1 aliphatic heterocycles. The summed E-state index contributed by atoms with van der Waals surface area (Å²) < 4.78 is 0. The predicted molar refractivity (Wildman–Crippen MR) is 56.3 cm³/mol. The molecule has 0 bridgehead atoms. The molecule has 14 heavy (non-hydrogen) atoms. The highest BCUT2D eigenvalue weighted by Gasteiger charge is 2.28. The number of rotatable bonds is 2. The van der Waals surface area contributed by atoms with Crippen LogP contribution in [0.3, 0.4) is 0 Å². The van der Waals surface area contributed by atoms with Crippen molar-refractivity contribution in [2.75, 3.05) is 13.1 Å². The van der Waals surface area contributed by atoms with E-state index < -0.39 is 5.97 Å². The SMILES string of the molecule is CC(C)(C)N1CCCC(CC(=O)O)C1. The maximum atomic E-state index is 10.6. The molecule has 1 saturated heterocycles. The summed E-state index contributed by atoms with van der Waals surface area (Å²) in [6.07, 6.45) is 2.53. The molecule has 0 aromatic rings. The molecule has 0 saturated carbocycles. The van der Waals surface area contributed by atoms with E-state index in [2.05, 4.69) is 25.7 Å². The van der Waals surface area contributed by atoms with Crippen molar-refractivity contribution in [3.05, 3.63) is 0 Å². The third kappa shape index (κ3) is 3.29. The summed E-state index contributed by atoms with van der Waals surface area (Å²) in [6, 6.07) is 0. The molecular weight excluding hydrogens is 178 g/mol. The van der Waals surface area contributed by atoms with Crippen LogP contribution in [0.2, 0.25) is 0 Å². The van der Waals surface area contributed by atoms with Crippen LogP contribution < -0.4 is 0 Å². The van der Waals surface area contributed by atoms with E-state index in [1.54, 1.807) is 0 Å². The minimum Gasteiger partial charge on any atom is -0.481 e. The summed E-state index contributed by atoms with van der Waals surface area (Å²) in [7, 11) is 0. The minimum atomic E-state index is -0.661. The van der Waals surface area contributed by atoms with Gasteiger partial charge in [-0.25, -0.2) is 0 Å². The number of nitrogens with zero attached hydrogens (tertiary/aromatic N) is 1. The maximum absolute atomic E-state index is 10.6. The van der Waals surface area contributed by atoms with Crippen LogP contribution >= 0.6 is 0 Å². The fourth-order valence-electron chi connectivity index (χ4n) is 2.09. The summed E-state index contributed by atoms with van der Waals surface area (Å²) in [4.78, 5) is 13.0. The van der Waals surface area contributed by atoms with Crippen LogP contribution in [0.4, 0.5) is 0 Å². The number of carboxylic acid groups (broad SMARTS) is 1. The van der Waals surface area contributed by atoms with Crippen LogP contribution in [0, 0.1) is 5.92 Å². The Balaban J connectivity index is 2.48. The summed E-state index contributed by atoms with van der Waals surface area (Å²) in [6.45, 7) is 8.62. The monoisotopic (exact) mass is 199 g/mol. The van der Waals surface area contributed by atoms with Crippen molar-refractivity contribution in [1.29, 1.82) is 0 Å². The van der Waals surface area contributed by atoms with E-state index >= 15 is 0 Å². The summed E-state index contributed by atoms with van der Waals surface area (Å²) in [5, 5.41) is 8.74. The van der Waals surface area contributed by atoms with Gasteiger partial charge in [-0.1, -0.05) is 0 Å². The third-order valence-electron chi connectivity index (χ3n) is 2.93. The first-order valence-corrected chi connectivity index (χ1v) is 5.36. The lowest BCUT2D eigenvalue weighted by Crippen LogP contribution is -2.47. The molecule has 0 aromatic carbocycles. The van der Waals surface area contributed by atoms with E-state index in [4.69, 9.17) is 5.11 Å². The smallest absolute Gasteiger partial charge is 0.303 e. The van der Waals surface area contributed by atoms with Gasteiger partial charge in [0.2, 0.25) is 0 Å². The Morgan fingerprint density at radius 3 is 2.64 bits per heavy atom. The predicted octanol–water partition coefficient (Wildman–Crippen LogP) is 1.97. The average Bonchev–Trinajstić information content (AvgIpc) is 2.01. The molecule has 1 atom stereocenters. The lowest BCUT2D eigenvalue weighted by atomic mass is 9.91. The number of likely N-dealkylation sites (tertiary alicyclic amines) is 1. The molecule has 0 amide bonds. The minimum absolute atomic E-state index is 0.178. The highest BCUT2D eigenvalue weighted by molar-refractivity contribution is 5.67. The van der Waals surface area contributed by atoms with Gasteiger partial charge in [-0.3, -0.25) is 9.69 Å². The standard InChI is InChI=1S/C11H21NO2/c1-11(2,3)12-6-4-5-9(8-12)7-10(13)14/h9H,4-8H2,1-3H3,(H,13,14). The number of carbonyl (C=O) groups is 1. The van der Waals surface area contributed by atoms with Gasteiger partial charge >= 0.3 is 5.97 Å². The molecule has 0 radical (unpaired) electrons. The highest BCUT2D eigenvalue weighted by Crippen LogP contribution is 2.25. The molecule has 0 aliphatic carbocycles. The van der Waals surface area contributed by atoms with Crippen molar-refractivity contribution in [3.63, 3.8) is 0 Å². The van der Waals surface area contributed by atoms with E-state index in [1.165, 1.54) is 0 Å². The van der Waals surface area contributed by atoms with Gasteiger partial charge in [0.05, 0.1) is 0 Å². The van der Waals surface area contributed by atoms with Crippen molar-refractivity contribution in [1.82, 2.24) is 4.90 Å². The van der Waals surface area contributed by atoms with Crippen molar-refractivity contribution in [2.24, 2.45) is 5.92 Å². The molecule has 0 spiro atoms. The first-order valence-electron chi connectivity index (χ1n) is 5.36. The number of carboxylic acids is 1. The second-order valence-corrected chi connectivity index (χ2v) is 5.22. The number of hydrogen-bond acceptors (Lipinski definition) is 2. The van der Waals surface area contributed by atoms with E-state index in [-0.39, 0.29) is 5.54 Å². The van der Waals surface area contributed by atoms with E-state index in [9.17, 15) is 4.79 Å². The van der Waals surface area contributed by atoms with Crippen LogP contribution in [0.25, 0.3) is 0 Å². The van der Waals surface area contributed by atoms with Gasteiger partial charge in [0, 0.05) is 18.5 Å². The van der Waals surface area contributed by atoms with Gasteiger partial charge < -0.3 is 5.11 Å². The van der Waals surface area contributed by atoms with Crippen LogP contribution in [-0.2, 0) is 4.79 Å². The van der Waals surface area contributed by atoms with Gasteiger partial charge in [0.1, 0.15) is 0 Å². The van der Waals surface area contributed by atoms with Crippen molar-refractivity contribution < 1.29 is 9.90 Å². The van der Waals surface area contributed by atoms with Gasteiger partial charge in [0.15, 0.2) is 0 Å². The topological polar surface area (TPSA) is 40.5 Å². The van der Waals surface area contributed by atoms with E-state index in [0.717, 1.165) is 25.9 Å². The third-order valence-corrected chi connectivity index (χ3v) is 2.93. The van der Waals surface area contributed by atoms with Gasteiger partial charge in [-0.05, 0) is 46.1 Å². The lowest BCUT2D eigenvalue weighted by molar-refractivity contribution is -0.138. The molecule has 1 heterocycles. The molecule has 0 aromatic heterocycles. The Kier molecular flexibility index (Phi) is 3.53. The van der Waals surface area contributed by atoms with E-state index in [1.807, 2.05) is 0 Å². The average molecular weight is 199 g/mol. The van der Waals surface area contributed by atoms with Crippen LogP contribution in [0.1, 0.15) is 40.0 Å².